The van der Waals surface area contributed by atoms with Gasteiger partial charge in [0.25, 0.3) is 0 Å². The molecule has 0 saturated heterocycles. The van der Waals surface area contributed by atoms with E-state index in [0.717, 1.165) is 17.5 Å². The van der Waals surface area contributed by atoms with Gasteiger partial charge in [0.2, 0.25) is 0 Å². The van der Waals surface area contributed by atoms with Gasteiger partial charge in [-0.05, 0) is 37.4 Å². The van der Waals surface area contributed by atoms with Crippen LogP contribution < -0.4 is 0 Å². The molecule has 0 atom stereocenters. The topological polar surface area (TPSA) is 56.5 Å². The first-order valence-electron chi connectivity index (χ1n) is 8.98. The smallest absolute Gasteiger partial charge is 0.343 e. The van der Waals surface area contributed by atoms with Gasteiger partial charge in [-0.2, -0.15) is 0 Å². The van der Waals surface area contributed by atoms with Crippen LogP contribution in [0.25, 0.3) is 17.1 Å². The standard InChI is InChI=1S/C22H17F2N5.Ni/c1-14-12-13-29(28-14)20-9-5-8-18(26-20)22(2,3)17-7-4-6-16(25-17)15-10-11-19(23)27-21(15)24;/h4-9,11-12H,1-3H3;/q-2;+2. The first-order chi connectivity index (χ1) is 13.8. The number of nitrogens with zero attached hydrogens (tertiary/aromatic N) is 5. The fourth-order valence-corrected chi connectivity index (χ4v) is 2.98. The van der Waals surface area contributed by atoms with Gasteiger partial charge in [0.15, 0.2) is 0 Å². The van der Waals surface area contributed by atoms with E-state index in [2.05, 4.69) is 27.3 Å². The number of hydrogen-bond donors (Lipinski definition) is 0. The van der Waals surface area contributed by atoms with Crippen LogP contribution in [0.1, 0.15) is 30.9 Å². The maximum absolute atomic E-state index is 14.1. The van der Waals surface area contributed by atoms with Crippen molar-refractivity contribution in [3.63, 3.8) is 0 Å². The molecule has 0 saturated carbocycles. The Morgan fingerprint density at radius 3 is 2.30 bits per heavy atom. The number of hydrogen-bond acceptors (Lipinski definition) is 4. The quantitative estimate of drug-likeness (QED) is 0.267. The van der Waals surface area contributed by atoms with Crippen LogP contribution in [0.5, 0.6) is 0 Å². The second-order valence-corrected chi connectivity index (χ2v) is 7.13. The second kappa shape index (κ2) is 8.40. The summed E-state index contributed by atoms with van der Waals surface area (Å²) < 4.78 is 28.8. The molecule has 0 aliphatic heterocycles. The van der Waals surface area contributed by atoms with Crippen LogP contribution in [0.3, 0.4) is 0 Å². The van der Waals surface area contributed by atoms with Crippen LogP contribution >= 0.6 is 0 Å². The first kappa shape index (κ1) is 21.7. The summed E-state index contributed by atoms with van der Waals surface area (Å²) in [6.45, 7) is 5.84. The summed E-state index contributed by atoms with van der Waals surface area (Å²) in [5, 5.41) is 4.35. The number of aromatic nitrogens is 5. The molecule has 4 aromatic rings. The fraction of sp³-hybridized carbons (Fsp3) is 0.182. The number of halogens is 2. The van der Waals surface area contributed by atoms with Crippen LogP contribution in [0.15, 0.2) is 48.5 Å². The monoisotopic (exact) mass is 447 g/mol. The molecule has 5 nitrogen and oxygen atoms in total. The minimum atomic E-state index is -0.947. The minimum Gasteiger partial charge on any atom is -0.343 e. The molecule has 0 amide bonds. The summed E-state index contributed by atoms with van der Waals surface area (Å²) in [7, 11) is 0. The van der Waals surface area contributed by atoms with Crippen molar-refractivity contribution in [1.82, 2.24) is 24.7 Å². The first-order valence-corrected chi connectivity index (χ1v) is 8.98. The third kappa shape index (κ3) is 4.14. The van der Waals surface area contributed by atoms with E-state index in [1.165, 1.54) is 0 Å². The molecule has 0 spiro atoms. The normalized spacial score (nSPS) is 11.2. The molecule has 0 aliphatic rings. The third-order valence-electron chi connectivity index (χ3n) is 4.64. The Bertz CT molecular complexity index is 1190. The van der Waals surface area contributed by atoms with Gasteiger partial charge in [-0.15, -0.1) is 12.1 Å². The van der Waals surface area contributed by atoms with Crippen molar-refractivity contribution in [3.05, 3.63) is 89.8 Å². The maximum atomic E-state index is 14.1. The fourth-order valence-electron chi connectivity index (χ4n) is 2.98. The SMILES string of the molecule is Cc1c[c-]n(-c2cccc(C(C)(C)c3cccc(-c4[c-]cc(F)nc4F)n3)n2)n1.[Ni+2]. The Balaban J connectivity index is 0.00000256. The molecule has 4 heterocycles. The van der Waals surface area contributed by atoms with E-state index in [0.29, 0.717) is 17.2 Å². The molecule has 4 aromatic heterocycles. The Morgan fingerprint density at radius 2 is 1.63 bits per heavy atom. The van der Waals surface area contributed by atoms with E-state index in [4.69, 9.17) is 4.98 Å². The number of aryl methyl sites for hydroxylation is 1. The van der Waals surface area contributed by atoms with E-state index < -0.39 is 17.3 Å². The van der Waals surface area contributed by atoms with Crippen LogP contribution in [-0.4, -0.2) is 24.7 Å². The second-order valence-electron chi connectivity index (χ2n) is 7.13. The molecule has 4 rings (SSSR count). The van der Waals surface area contributed by atoms with Crippen molar-refractivity contribution in [2.45, 2.75) is 26.2 Å². The zero-order valence-corrected chi connectivity index (χ0v) is 17.4. The van der Waals surface area contributed by atoms with Crippen LogP contribution in [0, 0.1) is 31.1 Å². The van der Waals surface area contributed by atoms with Gasteiger partial charge < -0.3 is 9.67 Å². The molecule has 0 aliphatic carbocycles. The van der Waals surface area contributed by atoms with E-state index in [-0.39, 0.29) is 22.1 Å². The van der Waals surface area contributed by atoms with E-state index >= 15 is 0 Å². The van der Waals surface area contributed by atoms with Gasteiger partial charge in [-0.3, -0.25) is 15.1 Å². The molecule has 0 bridgehead atoms. The van der Waals surface area contributed by atoms with Crippen molar-refractivity contribution in [2.24, 2.45) is 0 Å². The molecule has 154 valence electrons. The predicted molar refractivity (Wildman–Crippen MR) is 103 cm³/mol. The van der Waals surface area contributed by atoms with E-state index in [9.17, 15) is 8.78 Å². The van der Waals surface area contributed by atoms with Gasteiger partial charge in [0.05, 0.1) is 5.82 Å². The van der Waals surface area contributed by atoms with Crippen molar-refractivity contribution in [2.75, 3.05) is 0 Å². The summed E-state index contributed by atoms with van der Waals surface area (Å²) in [5.74, 6) is -1.23. The summed E-state index contributed by atoms with van der Waals surface area (Å²) in [6.07, 6.45) is 3.03. The average Bonchev–Trinajstić information content (AvgIpc) is 3.14. The van der Waals surface area contributed by atoms with Gasteiger partial charge in [0, 0.05) is 16.8 Å². The van der Waals surface area contributed by atoms with Crippen molar-refractivity contribution in [3.8, 4) is 17.1 Å². The van der Waals surface area contributed by atoms with Crippen molar-refractivity contribution in [1.29, 1.82) is 0 Å². The Labute approximate surface area is 183 Å². The average molecular weight is 448 g/mol. The largest absolute Gasteiger partial charge is 2.00 e. The molecule has 0 N–H and O–H groups in total. The number of rotatable bonds is 4. The van der Waals surface area contributed by atoms with Crippen LogP contribution in [-0.2, 0) is 21.9 Å². The molecule has 30 heavy (non-hydrogen) atoms. The predicted octanol–water partition coefficient (Wildman–Crippen LogP) is 4.23. The molecule has 8 heteroatoms. The molecule has 0 fully saturated rings. The minimum absolute atomic E-state index is 0. The maximum Gasteiger partial charge on any atom is 2.00 e. The molecule has 0 unspecified atom stereocenters. The van der Waals surface area contributed by atoms with Gasteiger partial charge in [-0.1, -0.05) is 49.0 Å². The van der Waals surface area contributed by atoms with Crippen LogP contribution in [0.4, 0.5) is 8.78 Å². The Hall–Kier alpha value is -2.99. The Morgan fingerprint density at radius 1 is 0.933 bits per heavy atom. The zero-order valence-electron chi connectivity index (χ0n) is 16.4. The Kier molecular flexibility index (Phi) is 6.08. The van der Waals surface area contributed by atoms with E-state index in [1.54, 1.807) is 22.9 Å². The van der Waals surface area contributed by atoms with Crippen molar-refractivity contribution >= 4 is 0 Å². The van der Waals surface area contributed by atoms with Crippen LogP contribution in [0.2, 0.25) is 0 Å². The van der Waals surface area contributed by atoms with Gasteiger partial charge >= 0.3 is 16.5 Å². The summed E-state index contributed by atoms with van der Waals surface area (Å²) in [6, 6.07) is 16.2. The number of pyridine rings is 3. The van der Waals surface area contributed by atoms with Gasteiger partial charge in [-0.25, -0.2) is 8.78 Å². The molecule has 0 radical (unpaired) electrons. The summed E-state index contributed by atoms with van der Waals surface area (Å²) in [4.78, 5) is 12.5. The molecular formula is C22H17F2N5Ni. The molecular weight excluding hydrogens is 431 g/mol. The van der Waals surface area contributed by atoms with Gasteiger partial charge in [0.1, 0.15) is 11.9 Å². The summed E-state index contributed by atoms with van der Waals surface area (Å²) in [5.41, 5.74) is 2.05. The zero-order chi connectivity index (χ0) is 20.6. The molecule has 0 aromatic carbocycles. The van der Waals surface area contributed by atoms with E-state index in [1.807, 2.05) is 45.0 Å². The van der Waals surface area contributed by atoms with Crippen molar-refractivity contribution < 1.29 is 25.3 Å². The third-order valence-corrected chi connectivity index (χ3v) is 4.64. The summed E-state index contributed by atoms with van der Waals surface area (Å²) >= 11 is 0.